The number of nitriles is 1. The van der Waals surface area contributed by atoms with Crippen molar-refractivity contribution in [1.29, 1.82) is 5.26 Å². The lowest BCUT2D eigenvalue weighted by atomic mass is 9.94. The summed E-state index contributed by atoms with van der Waals surface area (Å²) in [5.41, 5.74) is 3.08. The van der Waals surface area contributed by atoms with Crippen LogP contribution in [-0.4, -0.2) is 31.1 Å². The van der Waals surface area contributed by atoms with Crippen molar-refractivity contribution in [2.24, 2.45) is 0 Å². The molecule has 1 N–H and O–H groups in total. The molecule has 3 heteroatoms. The highest BCUT2D eigenvalue weighted by atomic mass is 15.2. The molecular formula is C16H21N3. The number of hydrogen-bond acceptors (Lipinski definition) is 3. The number of piperazine rings is 1. The molecule has 0 aromatic heterocycles. The molecule has 100 valence electrons. The molecule has 0 saturated carbocycles. The average molecular weight is 255 g/mol. The molecule has 0 aliphatic carbocycles. The SMILES string of the molecule is C=C(C)C[C@H](c1ccccc1C#N)N1CCNCC1. The summed E-state index contributed by atoms with van der Waals surface area (Å²) in [6.45, 7) is 10.2. The molecule has 1 atom stereocenters. The lowest BCUT2D eigenvalue weighted by Crippen LogP contribution is -2.45. The molecule has 0 radical (unpaired) electrons. The molecule has 1 saturated heterocycles. The first-order valence-electron chi connectivity index (χ1n) is 6.80. The van der Waals surface area contributed by atoms with Gasteiger partial charge in [0.1, 0.15) is 0 Å². The van der Waals surface area contributed by atoms with Crippen molar-refractivity contribution in [1.82, 2.24) is 10.2 Å². The zero-order valence-electron chi connectivity index (χ0n) is 11.5. The highest BCUT2D eigenvalue weighted by molar-refractivity contribution is 5.40. The predicted molar refractivity (Wildman–Crippen MR) is 77.8 cm³/mol. The molecule has 3 nitrogen and oxygen atoms in total. The van der Waals surface area contributed by atoms with E-state index in [1.807, 2.05) is 18.2 Å². The summed E-state index contributed by atoms with van der Waals surface area (Å²) in [5, 5.41) is 12.7. The van der Waals surface area contributed by atoms with Gasteiger partial charge in [-0.3, -0.25) is 4.90 Å². The fourth-order valence-electron chi connectivity index (χ4n) is 2.65. The van der Waals surface area contributed by atoms with Crippen LogP contribution < -0.4 is 5.32 Å². The van der Waals surface area contributed by atoms with Gasteiger partial charge in [-0.15, -0.1) is 6.58 Å². The molecule has 1 aromatic rings. The van der Waals surface area contributed by atoms with Gasteiger partial charge in [-0.05, 0) is 25.0 Å². The first-order valence-corrected chi connectivity index (χ1v) is 6.80. The van der Waals surface area contributed by atoms with E-state index >= 15 is 0 Å². The third-order valence-corrected chi connectivity index (χ3v) is 3.57. The second kappa shape index (κ2) is 6.51. The van der Waals surface area contributed by atoms with Crippen molar-refractivity contribution in [3.63, 3.8) is 0 Å². The van der Waals surface area contributed by atoms with Crippen LogP contribution in [0.1, 0.15) is 30.5 Å². The van der Waals surface area contributed by atoms with Gasteiger partial charge in [0.2, 0.25) is 0 Å². The van der Waals surface area contributed by atoms with Gasteiger partial charge in [0, 0.05) is 32.2 Å². The maximum atomic E-state index is 9.30. The highest BCUT2D eigenvalue weighted by Gasteiger charge is 2.23. The third-order valence-electron chi connectivity index (χ3n) is 3.57. The Balaban J connectivity index is 2.30. The quantitative estimate of drug-likeness (QED) is 0.840. The molecule has 0 amide bonds. The molecule has 1 aromatic carbocycles. The van der Waals surface area contributed by atoms with E-state index in [0.29, 0.717) is 0 Å². The maximum Gasteiger partial charge on any atom is 0.0995 e. The molecule has 0 spiro atoms. The van der Waals surface area contributed by atoms with Crippen molar-refractivity contribution >= 4 is 0 Å². The Hall–Kier alpha value is -1.63. The van der Waals surface area contributed by atoms with Crippen LogP contribution in [0.4, 0.5) is 0 Å². The first-order chi connectivity index (χ1) is 9.22. The zero-order chi connectivity index (χ0) is 13.7. The van der Waals surface area contributed by atoms with Crippen LogP contribution in [-0.2, 0) is 0 Å². The predicted octanol–water partition coefficient (Wildman–Crippen LogP) is 2.47. The van der Waals surface area contributed by atoms with E-state index < -0.39 is 0 Å². The van der Waals surface area contributed by atoms with Crippen molar-refractivity contribution in [2.45, 2.75) is 19.4 Å². The van der Waals surface area contributed by atoms with E-state index in [0.717, 1.165) is 49.3 Å². The summed E-state index contributed by atoms with van der Waals surface area (Å²) in [4.78, 5) is 2.46. The smallest absolute Gasteiger partial charge is 0.0995 e. The van der Waals surface area contributed by atoms with Crippen molar-refractivity contribution < 1.29 is 0 Å². The monoisotopic (exact) mass is 255 g/mol. The Morgan fingerprint density at radius 2 is 2.11 bits per heavy atom. The van der Waals surface area contributed by atoms with Gasteiger partial charge in [-0.25, -0.2) is 0 Å². The van der Waals surface area contributed by atoms with Crippen LogP contribution >= 0.6 is 0 Å². The Kier molecular flexibility index (Phi) is 4.73. The summed E-state index contributed by atoms with van der Waals surface area (Å²) in [5.74, 6) is 0. The normalized spacial score (nSPS) is 17.7. The maximum absolute atomic E-state index is 9.30. The van der Waals surface area contributed by atoms with Gasteiger partial charge in [0.25, 0.3) is 0 Å². The van der Waals surface area contributed by atoms with Gasteiger partial charge in [0.15, 0.2) is 0 Å². The van der Waals surface area contributed by atoms with Gasteiger partial charge in [-0.1, -0.05) is 23.8 Å². The van der Waals surface area contributed by atoms with E-state index in [9.17, 15) is 5.26 Å². The molecular weight excluding hydrogens is 234 g/mol. The second-order valence-corrected chi connectivity index (χ2v) is 5.16. The number of nitrogens with zero attached hydrogens (tertiary/aromatic N) is 2. The third kappa shape index (κ3) is 3.44. The number of benzene rings is 1. The van der Waals surface area contributed by atoms with Crippen LogP contribution in [0.2, 0.25) is 0 Å². The zero-order valence-corrected chi connectivity index (χ0v) is 11.5. The Morgan fingerprint density at radius 1 is 1.42 bits per heavy atom. The van der Waals surface area contributed by atoms with E-state index in [4.69, 9.17) is 0 Å². The number of hydrogen-bond donors (Lipinski definition) is 1. The summed E-state index contributed by atoms with van der Waals surface area (Å²) in [6.07, 6.45) is 0.915. The minimum atomic E-state index is 0.274. The van der Waals surface area contributed by atoms with Gasteiger partial charge in [-0.2, -0.15) is 5.26 Å². The molecule has 1 fully saturated rings. The first kappa shape index (κ1) is 13.8. The minimum Gasteiger partial charge on any atom is -0.314 e. The number of rotatable bonds is 4. The lowest BCUT2D eigenvalue weighted by Gasteiger charge is -2.35. The van der Waals surface area contributed by atoms with E-state index in [2.05, 4.69) is 35.9 Å². The summed E-state index contributed by atoms with van der Waals surface area (Å²) < 4.78 is 0. The molecule has 1 aliphatic rings. The molecule has 0 bridgehead atoms. The second-order valence-electron chi connectivity index (χ2n) is 5.16. The fourth-order valence-corrected chi connectivity index (χ4v) is 2.65. The lowest BCUT2D eigenvalue weighted by molar-refractivity contribution is 0.172. The van der Waals surface area contributed by atoms with E-state index in [-0.39, 0.29) is 6.04 Å². The minimum absolute atomic E-state index is 0.274. The Bertz CT molecular complexity index is 481. The molecule has 19 heavy (non-hydrogen) atoms. The Labute approximate surface area is 115 Å². The number of nitrogens with one attached hydrogen (secondary N) is 1. The topological polar surface area (TPSA) is 39.1 Å². The van der Waals surface area contributed by atoms with Crippen LogP contribution in [0.3, 0.4) is 0 Å². The van der Waals surface area contributed by atoms with Crippen LogP contribution in [0, 0.1) is 11.3 Å². The van der Waals surface area contributed by atoms with Crippen LogP contribution in [0.5, 0.6) is 0 Å². The highest BCUT2D eigenvalue weighted by Crippen LogP contribution is 2.29. The fraction of sp³-hybridized carbons (Fsp3) is 0.438. The van der Waals surface area contributed by atoms with Gasteiger partial charge < -0.3 is 5.32 Å². The largest absolute Gasteiger partial charge is 0.314 e. The molecule has 0 unspecified atom stereocenters. The molecule has 1 aliphatic heterocycles. The van der Waals surface area contributed by atoms with Crippen molar-refractivity contribution in [3.05, 3.63) is 47.5 Å². The van der Waals surface area contributed by atoms with Gasteiger partial charge in [0.05, 0.1) is 11.6 Å². The van der Waals surface area contributed by atoms with Gasteiger partial charge >= 0.3 is 0 Å². The van der Waals surface area contributed by atoms with E-state index in [1.165, 1.54) is 0 Å². The van der Waals surface area contributed by atoms with Crippen molar-refractivity contribution in [2.75, 3.05) is 26.2 Å². The molecule has 1 heterocycles. The summed E-state index contributed by atoms with van der Waals surface area (Å²) >= 11 is 0. The van der Waals surface area contributed by atoms with Crippen molar-refractivity contribution in [3.8, 4) is 6.07 Å². The average Bonchev–Trinajstić information content (AvgIpc) is 2.45. The van der Waals surface area contributed by atoms with E-state index in [1.54, 1.807) is 0 Å². The van der Waals surface area contributed by atoms with Crippen LogP contribution in [0.25, 0.3) is 0 Å². The summed E-state index contributed by atoms with van der Waals surface area (Å²) in [6, 6.07) is 10.5. The molecule has 2 rings (SSSR count). The Morgan fingerprint density at radius 3 is 2.74 bits per heavy atom. The summed E-state index contributed by atoms with van der Waals surface area (Å²) in [7, 11) is 0. The standard InChI is InChI=1S/C16H21N3/c1-13(2)11-16(19-9-7-18-8-10-19)15-6-4-3-5-14(15)12-17/h3-6,16,18H,1,7-11H2,2H3/t16-/m1/s1. The van der Waals surface area contributed by atoms with Crippen LogP contribution in [0.15, 0.2) is 36.4 Å².